The zero-order valence-electron chi connectivity index (χ0n) is 16.9. The van der Waals surface area contributed by atoms with Gasteiger partial charge in [-0.15, -0.1) is 0 Å². The molecule has 2 aromatic rings. The standard InChI is InChI=1S/C24H24N2O4/c1-24(16-25,20-11-12-20)26-22(28)15-30-23(29)14-13-21(27)19-9-7-18(8-10-19)17-5-3-2-4-6-17/h2-10,20H,11-15H2,1H3,(H,26,28)/t24-/m1/s1. The van der Waals surface area contributed by atoms with Gasteiger partial charge in [-0.05, 0) is 36.8 Å². The summed E-state index contributed by atoms with van der Waals surface area (Å²) >= 11 is 0. The maximum absolute atomic E-state index is 12.3. The molecule has 0 heterocycles. The molecule has 1 saturated carbocycles. The Labute approximate surface area is 175 Å². The van der Waals surface area contributed by atoms with E-state index in [0.29, 0.717) is 5.56 Å². The molecule has 0 aliphatic heterocycles. The smallest absolute Gasteiger partial charge is 0.306 e. The lowest BCUT2D eigenvalue weighted by Gasteiger charge is -2.22. The van der Waals surface area contributed by atoms with Gasteiger partial charge in [-0.3, -0.25) is 14.4 Å². The van der Waals surface area contributed by atoms with E-state index in [1.54, 1.807) is 19.1 Å². The fraction of sp³-hybridized carbons (Fsp3) is 0.333. The topological polar surface area (TPSA) is 96.3 Å². The third kappa shape index (κ3) is 5.54. The van der Waals surface area contributed by atoms with Crippen LogP contribution in [0.3, 0.4) is 0 Å². The fourth-order valence-electron chi connectivity index (χ4n) is 3.27. The summed E-state index contributed by atoms with van der Waals surface area (Å²) in [6.07, 6.45) is 1.70. The highest BCUT2D eigenvalue weighted by molar-refractivity contribution is 5.98. The van der Waals surface area contributed by atoms with Crippen LogP contribution in [0.5, 0.6) is 0 Å². The van der Waals surface area contributed by atoms with Crippen LogP contribution in [0.25, 0.3) is 11.1 Å². The summed E-state index contributed by atoms with van der Waals surface area (Å²) in [5, 5.41) is 11.9. The van der Waals surface area contributed by atoms with Gasteiger partial charge in [0.05, 0.1) is 12.5 Å². The molecule has 0 unspecified atom stereocenters. The highest BCUT2D eigenvalue weighted by atomic mass is 16.5. The van der Waals surface area contributed by atoms with E-state index < -0.39 is 24.0 Å². The number of nitriles is 1. The van der Waals surface area contributed by atoms with Crippen molar-refractivity contribution in [2.45, 2.75) is 38.1 Å². The van der Waals surface area contributed by atoms with Crippen LogP contribution >= 0.6 is 0 Å². The van der Waals surface area contributed by atoms with Crippen LogP contribution in [0.2, 0.25) is 0 Å². The Morgan fingerprint density at radius 2 is 1.67 bits per heavy atom. The SMILES string of the molecule is C[C@](C#N)(NC(=O)COC(=O)CCC(=O)c1ccc(-c2ccccc2)cc1)C1CC1. The number of ether oxygens (including phenoxy) is 1. The van der Waals surface area contributed by atoms with Crippen molar-refractivity contribution < 1.29 is 19.1 Å². The van der Waals surface area contributed by atoms with Crippen molar-refractivity contribution in [3.05, 3.63) is 60.2 Å². The largest absolute Gasteiger partial charge is 0.456 e. The van der Waals surface area contributed by atoms with Gasteiger partial charge in [-0.2, -0.15) is 5.26 Å². The molecule has 30 heavy (non-hydrogen) atoms. The van der Waals surface area contributed by atoms with Crippen LogP contribution < -0.4 is 5.32 Å². The lowest BCUT2D eigenvalue weighted by Crippen LogP contribution is -2.48. The van der Waals surface area contributed by atoms with E-state index in [9.17, 15) is 19.6 Å². The van der Waals surface area contributed by atoms with Crippen molar-refractivity contribution in [1.29, 1.82) is 5.26 Å². The second-order valence-electron chi connectivity index (χ2n) is 7.66. The molecule has 1 atom stereocenters. The molecule has 1 N–H and O–H groups in total. The number of amides is 1. The Morgan fingerprint density at radius 3 is 2.27 bits per heavy atom. The third-order valence-corrected chi connectivity index (χ3v) is 5.26. The minimum Gasteiger partial charge on any atom is -0.456 e. The van der Waals surface area contributed by atoms with Crippen molar-refractivity contribution in [3.8, 4) is 17.2 Å². The number of Topliss-reactive ketones (excluding diaryl/α,β-unsaturated/α-hetero) is 1. The number of benzene rings is 2. The zero-order valence-corrected chi connectivity index (χ0v) is 16.9. The Balaban J connectivity index is 1.42. The number of hydrogen-bond acceptors (Lipinski definition) is 5. The highest BCUT2D eigenvalue weighted by Gasteiger charge is 2.43. The molecular formula is C24H24N2O4. The van der Waals surface area contributed by atoms with Gasteiger partial charge in [0.1, 0.15) is 5.54 Å². The number of nitrogens with one attached hydrogen (secondary N) is 1. The fourth-order valence-corrected chi connectivity index (χ4v) is 3.27. The Kier molecular flexibility index (Phi) is 6.63. The number of esters is 1. The summed E-state index contributed by atoms with van der Waals surface area (Å²) < 4.78 is 4.94. The quantitative estimate of drug-likeness (QED) is 0.508. The van der Waals surface area contributed by atoms with Gasteiger partial charge in [0, 0.05) is 12.0 Å². The molecule has 0 spiro atoms. The van der Waals surface area contributed by atoms with E-state index in [4.69, 9.17) is 4.74 Å². The number of rotatable bonds is 9. The minimum atomic E-state index is -0.925. The van der Waals surface area contributed by atoms with Crippen molar-refractivity contribution in [2.24, 2.45) is 5.92 Å². The Morgan fingerprint density at radius 1 is 1.03 bits per heavy atom. The molecule has 0 saturated heterocycles. The highest BCUT2D eigenvalue weighted by Crippen LogP contribution is 2.39. The average molecular weight is 404 g/mol. The normalized spacial score (nSPS) is 14.8. The monoisotopic (exact) mass is 404 g/mol. The van der Waals surface area contributed by atoms with E-state index in [2.05, 4.69) is 11.4 Å². The van der Waals surface area contributed by atoms with E-state index in [0.717, 1.165) is 24.0 Å². The van der Waals surface area contributed by atoms with Gasteiger partial charge in [-0.25, -0.2) is 0 Å². The number of carbonyl (C=O) groups excluding carboxylic acids is 3. The first kappa shape index (κ1) is 21.3. The van der Waals surface area contributed by atoms with Crippen LogP contribution in [-0.4, -0.2) is 29.8 Å². The van der Waals surface area contributed by atoms with Crippen molar-refractivity contribution in [1.82, 2.24) is 5.32 Å². The first-order valence-corrected chi connectivity index (χ1v) is 9.98. The maximum Gasteiger partial charge on any atom is 0.306 e. The number of ketones is 1. The summed E-state index contributed by atoms with van der Waals surface area (Å²) in [7, 11) is 0. The van der Waals surface area contributed by atoms with Gasteiger partial charge in [0.25, 0.3) is 5.91 Å². The van der Waals surface area contributed by atoms with Gasteiger partial charge in [-0.1, -0.05) is 54.6 Å². The molecule has 2 aromatic carbocycles. The number of hydrogen-bond donors (Lipinski definition) is 1. The zero-order chi connectivity index (χ0) is 21.6. The first-order chi connectivity index (χ1) is 14.4. The van der Waals surface area contributed by atoms with Gasteiger partial charge >= 0.3 is 5.97 Å². The average Bonchev–Trinajstić information content (AvgIpc) is 3.63. The van der Waals surface area contributed by atoms with Crippen LogP contribution in [0.1, 0.15) is 43.0 Å². The van der Waals surface area contributed by atoms with Crippen molar-refractivity contribution >= 4 is 17.7 Å². The third-order valence-electron chi connectivity index (χ3n) is 5.26. The van der Waals surface area contributed by atoms with Gasteiger partial charge in [0.2, 0.25) is 0 Å². The molecular weight excluding hydrogens is 380 g/mol. The molecule has 1 fully saturated rings. The number of carbonyl (C=O) groups is 3. The van der Waals surface area contributed by atoms with Crippen LogP contribution in [0.15, 0.2) is 54.6 Å². The Bertz CT molecular complexity index is 959. The molecule has 6 heteroatoms. The van der Waals surface area contributed by atoms with E-state index in [1.165, 1.54) is 0 Å². The summed E-state index contributed by atoms with van der Waals surface area (Å²) in [4.78, 5) is 36.2. The van der Waals surface area contributed by atoms with E-state index >= 15 is 0 Å². The molecule has 3 rings (SSSR count). The molecule has 0 aromatic heterocycles. The first-order valence-electron chi connectivity index (χ1n) is 9.98. The predicted octanol–water partition coefficient (Wildman–Crippen LogP) is 3.67. The molecule has 0 radical (unpaired) electrons. The van der Waals surface area contributed by atoms with Crippen LogP contribution in [0.4, 0.5) is 0 Å². The van der Waals surface area contributed by atoms with Crippen molar-refractivity contribution in [3.63, 3.8) is 0 Å². The second-order valence-corrected chi connectivity index (χ2v) is 7.66. The van der Waals surface area contributed by atoms with Crippen molar-refractivity contribution in [2.75, 3.05) is 6.61 Å². The minimum absolute atomic E-state index is 0.00310. The number of nitrogens with zero attached hydrogens (tertiary/aromatic N) is 1. The van der Waals surface area contributed by atoms with E-state index in [-0.39, 0.29) is 24.5 Å². The molecule has 1 aliphatic rings. The molecule has 154 valence electrons. The van der Waals surface area contributed by atoms with E-state index in [1.807, 2.05) is 42.5 Å². The molecule has 0 bridgehead atoms. The van der Waals surface area contributed by atoms with Gasteiger partial charge in [0.15, 0.2) is 12.4 Å². The maximum atomic E-state index is 12.3. The summed E-state index contributed by atoms with van der Waals surface area (Å²) in [5.74, 6) is -1.15. The van der Waals surface area contributed by atoms with Crippen LogP contribution in [-0.2, 0) is 14.3 Å². The molecule has 6 nitrogen and oxygen atoms in total. The van der Waals surface area contributed by atoms with Crippen LogP contribution in [0, 0.1) is 17.2 Å². The lowest BCUT2D eigenvalue weighted by molar-refractivity contribution is -0.148. The summed E-state index contributed by atoms with van der Waals surface area (Å²) in [6.45, 7) is 1.22. The predicted molar refractivity (Wildman–Crippen MR) is 111 cm³/mol. The molecule has 1 aliphatic carbocycles. The molecule has 1 amide bonds. The second kappa shape index (κ2) is 9.36. The lowest BCUT2D eigenvalue weighted by atomic mass is 9.98. The summed E-state index contributed by atoms with van der Waals surface area (Å²) in [5.41, 5.74) is 1.67. The van der Waals surface area contributed by atoms with Gasteiger partial charge < -0.3 is 10.1 Å². The Hall–Kier alpha value is -3.46. The summed E-state index contributed by atoms with van der Waals surface area (Å²) in [6, 6.07) is 19.2.